The van der Waals surface area contributed by atoms with Crippen molar-refractivity contribution in [3.8, 4) is 0 Å². The first kappa shape index (κ1) is 12.2. The maximum atomic E-state index is 11.0. The molecule has 1 atom stereocenters. The third-order valence-corrected chi connectivity index (χ3v) is 1.47. The zero-order valence-electron chi connectivity index (χ0n) is 8.06. The molecule has 0 saturated heterocycles. The molecule has 0 unspecified atom stereocenters. The number of imide groups is 1. The van der Waals surface area contributed by atoms with Gasteiger partial charge in [-0.15, -0.1) is 11.6 Å². The second kappa shape index (κ2) is 5.80. The Bertz CT molecular complexity index is 193. The molecule has 0 saturated carbocycles. The Hall–Kier alpha value is -0.770. The molecule has 0 aromatic heterocycles. The summed E-state index contributed by atoms with van der Waals surface area (Å²) >= 11 is 5.44. The van der Waals surface area contributed by atoms with Crippen LogP contribution in [0.25, 0.3) is 0 Å². The number of halogens is 1. The lowest BCUT2D eigenvalue weighted by molar-refractivity contribution is -0.119. The van der Waals surface area contributed by atoms with E-state index in [-0.39, 0.29) is 0 Å². The normalized spacial score (nSPS) is 12.4. The molecule has 0 heterocycles. The molecule has 0 aromatic rings. The van der Waals surface area contributed by atoms with Gasteiger partial charge >= 0.3 is 6.03 Å². The highest BCUT2D eigenvalue weighted by atomic mass is 35.5. The average Bonchev–Trinajstić information content (AvgIpc) is 2.00. The van der Waals surface area contributed by atoms with Crippen LogP contribution < -0.4 is 10.6 Å². The van der Waals surface area contributed by atoms with Crippen LogP contribution in [0.15, 0.2) is 0 Å². The van der Waals surface area contributed by atoms with Crippen molar-refractivity contribution in [1.82, 2.24) is 10.6 Å². The van der Waals surface area contributed by atoms with Gasteiger partial charge < -0.3 is 5.32 Å². The van der Waals surface area contributed by atoms with Gasteiger partial charge in [0.2, 0.25) is 5.91 Å². The molecule has 2 N–H and O–H groups in total. The van der Waals surface area contributed by atoms with Crippen LogP contribution in [0.4, 0.5) is 4.79 Å². The number of carbonyl (C=O) groups is 2. The Morgan fingerprint density at radius 2 is 1.85 bits per heavy atom. The van der Waals surface area contributed by atoms with E-state index < -0.39 is 17.3 Å². The van der Waals surface area contributed by atoms with E-state index >= 15 is 0 Å². The Kier molecular flexibility index (Phi) is 5.46. The topological polar surface area (TPSA) is 58.2 Å². The zero-order chi connectivity index (χ0) is 10.4. The molecule has 0 aromatic carbocycles. The summed E-state index contributed by atoms with van der Waals surface area (Å²) < 4.78 is 0. The van der Waals surface area contributed by atoms with Gasteiger partial charge in [0, 0.05) is 6.54 Å². The summed E-state index contributed by atoms with van der Waals surface area (Å²) in [5.74, 6) is -0.128. The summed E-state index contributed by atoms with van der Waals surface area (Å²) in [7, 11) is 0. The van der Waals surface area contributed by atoms with Crippen LogP contribution in [0.3, 0.4) is 0 Å². The number of hydrogen-bond donors (Lipinski definition) is 2. The molecule has 0 rings (SSSR count). The molecule has 0 aliphatic rings. The third-order valence-electron chi connectivity index (χ3n) is 1.27. The lowest BCUT2D eigenvalue weighted by atomic mass is 10.2. The van der Waals surface area contributed by atoms with Gasteiger partial charge in [0.15, 0.2) is 0 Å². The fourth-order valence-electron chi connectivity index (χ4n) is 0.552. The van der Waals surface area contributed by atoms with E-state index in [2.05, 4.69) is 10.6 Å². The van der Waals surface area contributed by atoms with Gasteiger partial charge in [0.05, 0.1) is 0 Å². The maximum absolute atomic E-state index is 11.0. The highest BCUT2D eigenvalue weighted by molar-refractivity contribution is 6.31. The minimum Gasteiger partial charge on any atom is -0.338 e. The Morgan fingerprint density at radius 3 is 2.23 bits per heavy atom. The van der Waals surface area contributed by atoms with Crippen molar-refractivity contribution in [3.05, 3.63) is 0 Å². The third kappa shape index (κ3) is 6.40. The smallest absolute Gasteiger partial charge is 0.321 e. The number of carbonyl (C=O) groups excluding carboxylic acids is 2. The molecule has 13 heavy (non-hydrogen) atoms. The van der Waals surface area contributed by atoms with Gasteiger partial charge in [0.1, 0.15) is 5.38 Å². The Balaban J connectivity index is 3.69. The van der Waals surface area contributed by atoms with Gasteiger partial charge in [-0.3, -0.25) is 10.1 Å². The van der Waals surface area contributed by atoms with Crippen LogP contribution in [-0.4, -0.2) is 23.9 Å². The fraction of sp³-hybridized carbons (Fsp3) is 0.750. The van der Waals surface area contributed by atoms with Crippen molar-refractivity contribution in [1.29, 1.82) is 0 Å². The van der Waals surface area contributed by atoms with Gasteiger partial charge in [-0.05, 0) is 12.8 Å². The molecule has 3 amide bonds. The van der Waals surface area contributed by atoms with Crippen LogP contribution in [-0.2, 0) is 4.79 Å². The molecular formula is C8H15ClN2O2. The van der Waals surface area contributed by atoms with Crippen molar-refractivity contribution in [2.24, 2.45) is 5.92 Å². The van der Waals surface area contributed by atoms with Gasteiger partial charge in [-0.2, -0.15) is 0 Å². The van der Waals surface area contributed by atoms with Gasteiger partial charge in [0.25, 0.3) is 0 Å². The van der Waals surface area contributed by atoms with E-state index in [1.54, 1.807) is 0 Å². The van der Waals surface area contributed by atoms with Crippen LogP contribution in [0.1, 0.15) is 20.8 Å². The fourth-order valence-corrected chi connectivity index (χ4v) is 0.607. The van der Waals surface area contributed by atoms with E-state index in [4.69, 9.17) is 11.6 Å². The Labute approximate surface area is 83.0 Å². The van der Waals surface area contributed by atoms with E-state index in [0.29, 0.717) is 12.5 Å². The average molecular weight is 207 g/mol. The molecule has 0 spiro atoms. The van der Waals surface area contributed by atoms with Crippen molar-refractivity contribution in [2.75, 3.05) is 6.54 Å². The monoisotopic (exact) mass is 206 g/mol. The lowest BCUT2D eigenvalue weighted by Crippen LogP contribution is -2.43. The second-order valence-electron chi connectivity index (χ2n) is 3.21. The van der Waals surface area contributed by atoms with E-state index in [1.165, 1.54) is 6.92 Å². The summed E-state index contributed by atoms with van der Waals surface area (Å²) in [5, 5.41) is 3.96. The predicted molar refractivity (Wildman–Crippen MR) is 51.7 cm³/mol. The lowest BCUT2D eigenvalue weighted by Gasteiger charge is -2.08. The van der Waals surface area contributed by atoms with E-state index in [0.717, 1.165) is 0 Å². The first-order valence-electron chi connectivity index (χ1n) is 4.16. The quantitative estimate of drug-likeness (QED) is 0.680. The minimum absolute atomic E-state index is 0.356. The number of rotatable bonds is 3. The largest absolute Gasteiger partial charge is 0.338 e. The van der Waals surface area contributed by atoms with Crippen LogP contribution in [0.5, 0.6) is 0 Å². The molecule has 0 aliphatic carbocycles. The standard InChI is InChI=1S/C8H15ClN2O2/c1-5(2)4-10-8(13)11-7(12)6(3)9/h5-6H,4H2,1-3H3,(H2,10,11,12,13)/t6-/m0/s1. The Morgan fingerprint density at radius 1 is 1.31 bits per heavy atom. The van der Waals surface area contributed by atoms with E-state index in [1.807, 2.05) is 13.8 Å². The van der Waals surface area contributed by atoms with Crippen molar-refractivity contribution in [2.45, 2.75) is 26.1 Å². The molecule has 76 valence electrons. The van der Waals surface area contributed by atoms with Crippen molar-refractivity contribution in [3.63, 3.8) is 0 Å². The second-order valence-corrected chi connectivity index (χ2v) is 3.86. The van der Waals surface area contributed by atoms with Gasteiger partial charge in [-0.25, -0.2) is 4.79 Å². The summed E-state index contributed by atoms with van der Waals surface area (Å²) in [6.07, 6.45) is 0. The highest BCUT2D eigenvalue weighted by Gasteiger charge is 2.12. The molecule has 0 fully saturated rings. The van der Waals surface area contributed by atoms with Crippen LogP contribution in [0.2, 0.25) is 0 Å². The number of urea groups is 1. The minimum atomic E-state index is -0.690. The first-order valence-corrected chi connectivity index (χ1v) is 4.60. The zero-order valence-corrected chi connectivity index (χ0v) is 8.81. The number of alkyl halides is 1. The van der Waals surface area contributed by atoms with E-state index in [9.17, 15) is 9.59 Å². The molecule has 0 aliphatic heterocycles. The molecule has 4 nitrogen and oxygen atoms in total. The summed E-state index contributed by atoms with van der Waals surface area (Å²) in [6, 6.07) is -0.494. The summed E-state index contributed by atoms with van der Waals surface area (Å²) in [5.41, 5.74) is 0. The first-order chi connectivity index (χ1) is 5.93. The predicted octanol–water partition coefficient (Wildman–Crippen LogP) is 1.10. The van der Waals surface area contributed by atoms with Gasteiger partial charge in [-0.1, -0.05) is 13.8 Å². The molecule has 0 radical (unpaired) electrons. The summed E-state index contributed by atoms with van der Waals surface area (Å²) in [6.45, 7) is 5.97. The number of hydrogen-bond acceptors (Lipinski definition) is 2. The molecule has 5 heteroatoms. The number of nitrogens with one attached hydrogen (secondary N) is 2. The summed E-state index contributed by atoms with van der Waals surface area (Å²) in [4.78, 5) is 21.9. The number of amides is 3. The SMILES string of the molecule is CC(C)CNC(=O)NC(=O)[C@H](C)Cl. The highest BCUT2D eigenvalue weighted by Crippen LogP contribution is 1.92. The van der Waals surface area contributed by atoms with Crippen molar-refractivity contribution >= 4 is 23.5 Å². The maximum Gasteiger partial charge on any atom is 0.321 e. The van der Waals surface area contributed by atoms with Crippen LogP contribution in [0, 0.1) is 5.92 Å². The van der Waals surface area contributed by atoms with Crippen molar-refractivity contribution < 1.29 is 9.59 Å². The van der Waals surface area contributed by atoms with Crippen LogP contribution >= 0.6 is 11.6 Å². The molecular weight excluding hydrogens is 192 g/mol. The molecule has 0 bridgehead atoms.